The maximum Gasteiger partial charge on any atom is 0.472 e. The van der Waals surface area contributed by atoms with Gasteiger partial charge in [-0.05, 0) is 77.0 Å². The minimum atomic E-state index is -4.39. The van der Waals surface area contributed by atoms with Gasteiger partial charge in [-0.15, -0.1) is 0 Å². The first kappa shape index (κ1) is 57.7. The fraction of sp³-hybridized carbons (Fsp3) is 0.760. The van der Waals surface area contributed by atoms with E-state index in [4.69, 9.17) is 18.5 Å². The van der Waals surface area contributed by atoms with Gasteiger partial charge in [0, 0.05) is 12.8 Å². The van der Waals surface area contributed by atoms with Crippen LogP contribution in [0.3, 0.4) is 0 Å². The molecule has 348 valence electrons. The molecule has 0 aromatic rings. The molecule has 1 N–H and O–H groups in total. The predicted octanol–water partition coefficient (Wildman–Crippen LogP) is 14.0. The van der Waals surface area contributed by atoms with Crippen molar-refractivity contribution in [2.24, 2.45) is 0 Å². The largest absolute Gasteiger partial charge is 0.472 e. The number of hydrogen-bond donors (Lipinski definition) is 1. The highest BCUT2D eigenvalue weighted by atomic mass is 31.2. The summed E-state index contributed by atoms with van der Waals surface area (Å²) in [5.41, 5.74) is 0. The van der Waals surface area contributed by atoms with Gasteiger partial charge in [0.2, 0.25) is 0 Å². The zero-order chi connectivity index (χ0) is 44.3. The number of likely N-dealkylation sites (N-methyl/N-ethyl adjacent to an activating group) is 1. The number of esters is 2. The van der Waals surface area contributed by atoms with Crippen LogP contribution in [0.2, 0.25) is 0 Å². The Hall–Kier alpha value is -2.29. The molecule has 1 unspecified atom stereocenters. The van der Waals surface area contributed by atoms with Crippen LogP contribution in [0.5, 0.6) is 0 Å². The number of unbranched alkanes of at least 4 members (excludes halogenated alkanes) is 19. The highest BCUT2D eigenvalue weighted by Crippen LogP contribution is 2.43. The molecule has 0 radical (unpaired) electrons. The summed E-state index contributed by atoms with van der Waals surface area (Å²) in [6, 6.07) is 0. The van der Waals surface area contributed by atoms with Gasteiger partial charge >= 0.3 is 19.8 Å². The Morgan fingerprint density at radius 3 is 1.42 bits per heavy atom. The first-order valence-corrected chi connectivity index (χ1v) is 25.5. The van der Waals surface area contributed by atoms with Gasteiger partial charge in [-0.1, -0.05) is 164 Å². The monoisotopic (exact) mass is 865 g/mol. The molecule has 0 aliphatic carbocycles. The van der Waals surface area contributed by atoms with E-state index in [1.54, 1.807) is 0 Å². The van der Waals surface area contributed by atoms with Crippen molar-refractivity contribution in [1.82, 2.24) is 0 Å². The molecule has 0 aliphatic rings. The van der Waals surface area contributed by atoms with E-state index in [2.05, 4.69) is 74.6 Å². The van der Waals surface area contributed by atoms with Gasteiger partial charge in [0.05, 0.1) is 27.7 Å². The van der Waals surface area contributed by atoms with Crippen molar-refractivity contribution in [3.05, 3.63) is 60.8 Å². The van der Waals surface area contributed by atoms with E-state index in [1.807, 2.05) is 21.1 Å². The van der Waals surface area contributed by atoms with Crippen LogP contribution < -0.4 is 0 Å². The average molecular weight is 865 g/mol. The van der Waals surface area contributed by atoms with Crippen molar-refractivity contribution in [3.8, 4) is 0 Å². The molecule has 0 aromatic heterocycles. The number of phosphoric acid groups is 1. The van der Waals surface area contributed by atoms with Crippen molar-refractivity contribution in [1.29, 1.82) is 0 Å². The smallest absolute Gasteiger partial charge is 0.462 e. The van der Waals surface area contributed by atoms with Crippen LogP contribution in [0, 0.1) is 0 Å². The zero-order valence-corrected chi connectivity index (χ0v) is 40.1. The van der Waals surface area contributed by atoms with E-state index >= 15 is 0 Å². The van der Waals surface area contributed by atoms with Gasteiger partial charge in [-0.25, -0.2) is 4.57 Å². The van der Waals surface area contributed by atoms with E-state index in [0.717, 1.165) is 51.4 Å². The molecular formula is C50H91NO8P+. The number of ether oxygens (including phenoxy) is 2. The summed E-state index contributed by atoms with van der Waals surface area (Å²) in [7, 11) is 1.44. The van der Waals surface area contributed by atoms with Gasteiger partial charge in [0.25, 0.3) is 0 Å². The van der Waals surface area contributed by atoms with E-state index in [0.29, 0.717) is 23.9 Å². The van der Waals surface area contributed by atoms with Gasteiger partial charge < -0.3 is 18.9 Å². The SMILES string of the molecule is CCCCCC/C=C/CCCCCCCCCC(=O)O[C@@H](COC(=O)CCC/C=C/C/C=C/C/C=C/C/C=C/CCCCCCCCC)COP(=O)(O)OCC[N+](C)(C)C. The van der Waals surface area contributed by atoms with E-state index < -0.39 is 32.5 Å². The Labute approximate surface area is 368 Å². The molecule has 0 aliphatic heterocycles. The molecule has 0 heterocycles. The van der Waals surface area contributed by atoms with Crippen LogP contribution in [0.4, 0.5) is 0 Å². The summed E-state index contributed by atoms with van der Waals surface area (Å²) >= 11 is 0. The van der Waals surface area contributed by atoms with Crippen molar-refractivity contribution in [2.45, 2.75) is 200 Å². The molecular weight excluding hydrogens is 774 g/mol. The van der Waals surface area contributed by atoms with E-state index in [9.17, 15) is 19.0 Å². The lowest BCUT2D eigenvalue weighted by Crippen LogP contribution is -2.37. The molecule has 60 heavy (non-hydrogen) atoms. The summed E-state index contributed by atoms with van der Waals surface area (Å²) in [6.45, 7) is 4.34. The fourth-order valence-electron chi connectivity index (χ4n) is 6.24. The Morgan fingerprint density at radius 2 is 0.917 bits per heavy atom. The first-order chi connectivity index (χ1) is 29.0. The molecule has 0 aromatic carbocycles. The number of phosphoric ester groups is 1. The van der Waals surface area contributed by atoms with Crippen LogP contribution in [0.15, 0.2) is 60.8 Å². The molecule has 0 amide bonds. The summed E-state index contributed by atoms with van der Waals surface area (Å²) in [6.07, 6.45) is 51.3. The van der Waals surface area contributed by atoms with Crippen molar-refractivity contribution < 1.29 is 42.1 Å². The van der Waals surface area contributed by atoms with Crippen LogP contribution in [-0.2, 0) is 32.7 Å². The predicted molar refractivity (Wildman–Crippen MR) is 252 cm³/mol. The third-order valence-corrected chi connectivity index (χ3v) is 11.0. The van der Waals surface area contributed by atoms with Crippen LogP contribution >= 0.6 is 7.82 Å². The third-order valence-electron chi connectivity index (χ3n) is 10.0. The molecule has 0 saturated carbocycles. The minimum absolute atomic E-state index is 0.0204. The second-order valence-corrected chi connectivity index (χ2v) is 18.6. The van der Waals surface area contributed by atoms with Crippen molar-refractivity contribution in [2.75, 3.05) is 47.5 Å². The first-order valence-electron chi connectivity index (χ1n) is 24.0. The molecule has 0 bridgehead atoms. The van der Waals surface area contributed by atoms with Crippen molar-refractivity contribution >= 4 is 19.8 Å². The highest BCUT2D eigenvalue weighted by molar-refractivity contribution is 7.47. The normalized spacial score (nSPS) is 14.0. The number of quaternary nitrogens is 1. The number of carbonyl (C=O) groups is 2. The topological polar surface area (TPSA) is 108 Å². The molecule has 0 fully saturated rings. The van der Waals surface area contributed by atoms with Crippen LogP contribution in [-0.4, -0.2) is 74.9 Å². The molecule has 0 spiro atoms. The Kier molecular flexibility index (Phi) is 40.4. The molecule has 0 saturated heterocycles. The Bertz CT molecular complexity index is 1210. The number of carbonyl (C=O) groups excluding carboxylic acids is 2. The van der Waals surface area contributed by atoms with E-state index in [-0.39, 0.29) is 26.1 Å². The maximum atomic E-state index is 12.7. The standard InChI is InChI=1S/C50H90NO8P/c1-6-8-10-12-14-16-18-20-22-23-24-25-26-27-29-30-32-34-36-38-40-42-49(52)56-46-48(47-58-60(54,55)57-45-44-51(3,4)5)59-50(53)43-41-39-37-35-33-31-28-21-19-17-15-13-11-9-7-2/h17,19,22-23,25-26,29-30,34,36,48H,6-16,18,20-21,24,27-28,31-33,35,37-47H2,1-5H3/p+1/b19-17+,23-22+,26-25+,30-29+,36-34+/t48-/m0/s1. The second-order valence-electron chi connectivity index (χ2n) is 17.1. The average Bonchev–Trinajstić information content (AvgIpc) is 3.20. The summed E-state index contributed by atoms with van der Waals surface area (Å²) in [4.78, 5) is 35.4. The Balaban J connectivity index is 4.40. The third kappa shape index (κ3) is 45.2. The molecule has 0 rings (SSSR count). The lowest BCUT2D eigenvalue weighted by atomic mass is 10.1. The summed E-state index contributed by atoms with van der Waals surface area (Å²) in [5, 5.41) is 0. The van der Waals surface area contributed by atoms with Crippen LogP contribution in [0.25, 0.3) is 0 Å². The molecule has 9 nitrogen and oxygen atoms in total. The number of rotatable bonds is 43. The zero-order valence-electron chi connectivity index (χ0n) is 39.2. The van der Waals surface area contributed by atoms with Gasteiger partial charge in [-0.2, -0.15) is 0 Å². The van der Waals surface area contributed by atoms with Gasteiger partial charge in [0.1, 0.15) is 19.8 Å². The summed E-state index contributed by atoms with van der Waals surface area (Å²) in [5.74, 6) is -0.870. The second kappa shape index (κ2) is 42.0. The lowest BCUT2D eigenvalue weighted by Gasteiger charge is -2.24. The summed E-state index contributed by atoms with van der Waals surface area (Å²) < 4.78 is 34.3. The van der Waals surface area contributed by atoms with Crippen LogP contribution in [0.1, 0.15) is 194 Å². The Morgan fingerprint density at radius 1 is 0.517 bits per heavy atom. The van der Waals surface area contributed by atoms with Gasteiger partial charge in [0.15, 0.2) is 6.10 Å². The highest BCUT2D eigenvalue weighted by Gasteiger charge is 2.27. The quantitative estimate of drug-likeness (QED) is 0.0212. The number of allylic oxidation sites excluding steroid dienone is 10. The number of nitrogens with zero attached hydrogens (tertiary/aromatic N) is 1. The minimum Gasteiger partial charge on any atom is -0.462 e. The molecule has 10 heteroatoms. The lowest BCUT2D eigenvalue weighted by molar-refractivity contribution is -0.870. The molecule has 2 atom stereocenters. The van der Waals surface area contributed by atoms with Gasteiger partial charge in [-0.3, -0.25) is 18.6 Å². The fourth-order valence-corrected chi connectivity index (χ4v) is 6.98. The van der Waals surface area contributed by atoms with E-state index in [1.165, 1.54) is 103 Å². The van der Waals surface area contributed by atoms with Crippen molar-refractivity contribution in [3.63, 3.8) is 0 Å². The maximum absolute atomic E-state index is 12.7. The number of hydrogen-bond acceptors (Lipinski definition) is 7.